The summed E-state index contributed by atoms with van der Waals surface area (Å²) in [5.74, 6) is 0.572. The fourth-order valence-electron chi connectivity index (χ4n) is 4.75. The van der Waals surface area contributed by atoms with Crippen LogP contribution in [-0.4, -0.2) is 65.7 Å². The minimum atomic E-state index is -0.788. The number of nitrogens with zero attached hydrogens (tertiary/aromatic N) is 1. The molecule has 0 radical (unpaired) electrons. The lowest BCUT2D eigenvalue weighted by Crippen LogP contribution is -2.31. The van der Waals surface area contributed by atoms with E-state index in [-0.39, 0.29) is 30.8 Å². The molecule has 0 bridgehead atoms. The second kappa shape index (κ2) is 11.4. The maximum Gasteiger partial charge on any atom is 0.407 e. The summed E-state index contributed by atoms with van der Waals surface area (Å²) in [5.41, 5.74) is 4.74. The van der Waals surface area contributed by atoms with Crippen molar-refractivity contribution in [3.8, 4) is 11.1 Å². The number of aliphatic carboxylic acids is 1. The van der Waals surface area contributed by atoms with Gasteiger partial charge in [-0.15, -0.1) is 0 Å². The van der Waals surface area contributed by atoms with E-state index in [1.54, 1.807) is 0 Å². The van der Waals surface area contributed by atoms with Gasteiger partial charge in [-0.2, -0.15) is 11.8 Å². The number of alkyl carbamates (subject to hydrolysis) is 1. The van der Waals surface area contributed by atoms with Gasteiger partial charge < -0.3 is 20.1 Å². The summed E-state index contributed by atoms with van der Waals surface area (Å²) < 4.78 is 5.52. The van der Waals surface area contributed by atoms with Crippen molar-refractivity contribution in [1.29, 1.82) is 0 Å². The van der Waals surface area contributed by atoms with Gasteiger partial charge in [0.15, 0.2) is 0 Å². The van der Waals surface area contributed by atoms with E-state index in [1.807, 2.05) is 29.2 Å². The first-order valence-corrected chi connectivity index (χ1v) is 12.8. The number of thioether (sulfide) groups is 1. The molecule has 2 N–H and O–H groups in total. The first kappa shape index (κ1) is 24.1. The van der Waals surface area contributed by atoms with E-state index in [1.165, 1.54) is 34.0 Å². The van der Waals surface area contributed by atoms with Gasteiger partial charge in [0, 0.05) is 37.7 Å². The highest BCUT2D eigenvalue weighted by Crippen LogP contribution is 2.44. The summed E-state index contributed by atoms with van der Waals surface area (Å²) in [6.45, 7) is 2.05. The summed E-state index contributed by atoms with van der Waals surface area (Å²) in [5, 5.41) is 11.6. The Bertz CT molecular complexity index is 998. The van der Waals surface area contributed by atoms with Crippen LogP contribution in [0.5, 0.6) is 0 Å². The number of ether oxygens (including phenoxy) is 1. The van der Waals surface area contributed by atoms with Crippen molar-refractivity contribution in [2.45, 2.75) is 25.2 Å². The molecule has 1 aliphatic heterocycles. The molecule has 0 aromatic heterocycles. The molecule has 1 fully saturated rings. The second-order valence-electron chi connectivity index (χ2n) is 8.73. The quantitative estimate of drug-likeness (QED) is 0.498. The van der Waals surface area contributed by atoms with Gasteiger partial charge in [-0.25, -0.2) is 4.79 Å². The Morgan fingerprint density at radius 2 is 1.74 bits per heavy atom. The molecule has 1 saturated heterocycles. The van der Waals surface area contributed by atoms with Gasteiger partial charge in [0.25, 0.3) is 0 Å². The lowest BCUT2D eigenvalue weighted by molar-refractivity contribution is -0.137. The van der Waals surface area contributed by atoms with Gasteiger partial charge in [-0.3, -0.25) is 9.59 Å². The molecule has 8 heteroatoms. The van der Waals surface area contributed by atoms with Gasteiger partial charge in [0.2, 0.25) is 5.91 Å². The summed E-state index contributed by atoms with van der Waals surface area (Å²) in [6, 6.07) is 16.4. The van der Waals surface area contributed by atoms with Crippen LogP contribution in [0, 0.1) is 5.92 Å². The summed E-state index contributed by atoms with van der Waals surface area (Å²) in [4.78, 5) is 37.1. The fourth-order valence-corrected chi connectivity index (χ4v) is 5.50. The van der Waals surface area contributed by atoms with E-state index in [2.05, 4.69) is 29.6 Å². The lowest BCUT2D eigenvalue weighted by Gasteiger charge is -2.16. The highest BCUT2D eigenvalue weighted by molar-refractivity contribution is 7.99. The topological polar surface area (TPSA) is 95.9 Å². The minimum absolute atomic E-state index is 0.0323. The first-order chi connectivity index (χ1) is 16.5. The number of carbonyl (C=O) groups is 3. The number of amides is 2. The SMILES string of the molecule is O=C(O)CCC1CCN(C(=O)CSCCNC(=O)OCC2c3ccccc3-c3ccccc32)C1. The van der Waals surface area contributed by atoms with Crippen LogP contribution in [0.1, 0.15) is 36.3 Å². The number of likely N-dealkylation sites (tertiary alicyclic amines) is 1. The van der Waals surface area contributed by atoms with E-state index in [0.29, 0.717) is 37.6 Å². The molecular weight excluding hydrogens is 452 g/mol. The number of carboxylic acid groups (broad SMARTS) is 1. The number of hydrogen-bond acceptors (Lipinski definition) is 5. The normalized spacial score (nSPS) is 16.7. The van der Waals surface area contributed by atoms with E-state index in [4.69, 9.17) is 9.84 Å². The number of fused-ring (bicyclic) bond motifs is 3. The van der Waals surface area contributed by atoms with Crippen molar-refractivity contribution in [3.63, 3.8) is 0 Å². The largest absolute Gasteiger partial charge is 0.481 e. The van der Waals surface area contributed by atoms with Crippen LogP contribution in [0.3, 0.4) is 0 Å². The molecule has 2 amide bonds. The van der Waals surface area contributed by atoms with Crippen LogP contribution in [-0.2, 0) is 14.3 Å². The zero-order chi connectivity index (χ0) is 23.9. The number of nitrogens with one attached hydrogen (secondary N) is 1. The molecule has 1 heterocycles. The zero-order valence-electron chi connectivity index (χ0n) is 19.1. The molecule has 180 valence electrons. The molecule has 7 nitrogen and oxygen atoms in total. The first-order valence-electron chi connectivity index (χ1n) is 11.7. The highest BCUT2D eigenvalue weighted by Gasteiger charge is 2.29. The van der Waals surface area contributed by atoms with Crippen molar-refractivity contribution in [3.05, 3.63) is 59.7 Å². The van der Waals surface area contributed by atoms with Crippen molar-refractivity contribution in [1.82, 2.24) is 10.2 Å². The van der Waals surface area contributed by atoms with Crippen molar-refractivity contribution < 1.29 is 24.2 Å². The maximum absolute atomic E-state index is 12.4. The third-order valence-corrected chi connectivity index (χ3v) is 7.43. The van der Waals surface area contributed by atoms with Gasteiger partial charge in [0.1, 0.15) is 6.61 Å². The van der Waals surface area contributed by atoms with Crippen LogP contribution in [0.15, 0.2) is 48.5 Å². The fraction of sp³-hybridized carbons (Fsp3) is 0.423. The van der Waals surface area contributed by atoms with Crippen LogP contribution >= 0.6 is 11.8 Å². The zero-order valence-corrected chi connectivity index (χ0v) is 19.9. The summed E-state index contributed by atoms with van der Waals surface area (Å²) in [7, 11) is 0. The maximum atomic E-state index is 12.4. The van der Waals surface area contributed by atoms with Crippen molar-refractivity contribution in [2.75, 3.05) is 37.7 Å². The molecule has 34 heavy (non-hydrogen) atoms. The lowest BCUT2D eigenvalue weighted by atomic mass is 9.98. The van der Waals surface area contributed by atoms with Crippen LogP contribution < -0.4 is 5.32 Å². The Hall–Kier alpha value is -3.00. The monoisotopic (exact) mass is 482 g/mol. The molecule has 1 unspecified atom stereocenters. The van der Waals surface area contributed by atoms with E-state index in [9.17, 15) is 14.4 Å². The number of hydrogen-bond donors (Lipinski definition) is 2. The minimum Gasteiger partial charge on any atom is -0.481 e. The molecule has 2 aromatic rings. The number of carboxylic acids is 1. The molecule has 2 aliphatic rings. The Kier molecular flexibility index (Phi) is 8.11. The molecule has 2 aromatic carbocycles. The number of benzene rings is 2. The summed E-state index contributed by atoms with van der Waals surface area (Å²) in [6.07, 6.45) is 1.20. The smallest absolute Gasteiger partial charge is 0.407 e. The van der Waals surface area contributed by atoms with Gasteiger partial charge in [-0.05, 0) is 41.0 Å². The van der Waals surface area contributed by atoms with Crippen LogP contribution in [0.4, 0.5) is 4.79 Å². The predicted molar refractivity (Wildman–Crippen MR) is 132 cm³/mol. The number of carbonyl (C=O) groups excluding carboxylic acids is 2. The van der Waals surface area contributed by atoms with E-state index < -0.39 is 12.1 Å². The Labute approximate surface area is 203 Å². The Morgan fingerprint density at radius 3 is 2.41 bits per heavy atom. The number of rotatable bonds is 10. The van der Waals surface area contributed by atoms with E-state index in [0.717, 1.165) is 6.42 Å². The molecule has 0 spiro atoms. The Balaban J connectivity index is 1.13. The predicted octanol–water partition coefficient (Wildman–Crippen LogP) is 3.97. The van der Waals surface area contributed by atoms with Crippen LogP contribution in [0.25, 0.3) is 11.1 Å². The Morgan fingerprint density at radius 1 is 1.06 bits per heavy atom. The van der Waals surface area contributed by atoms with Crippen molar-refractivity contribution >= 4 is 29.7 Å². The van der Waals surface area contributed by atoms with Crippen molar-refractivity contribution in [2.24, 2.45) is 5.92 Å². The molecule has 1 atom stereocenters. The second-order valence-corrected chi connectivity index (χ2v) is 9.84. The third kappa shape index (κ3) is 5.91. The molecule has 1 aliphatic carbocycles. The van der Waals surface area contributed by atoms with Gasteiger partial charge in [0.05, 0.1) is 5.75 Å². The molecule has 4 rings (SSSR count). The van der Waals surface area contributed by atoms with Gasteiger partial charge in [-0.1, -0.05) is 48.5 Å². The van der Waals surface area contributed by atoms with Crippen LogP contribution in [0.2, 0.25) is 0 Å². The molecule has 0 saturated carbocycles. The summed E-state index contributed by atoms with van der Waals surface area (Å²) >= 11 is 1.48. The highest BCUT2D eigenvalue weighted by atomic mass is 32.2. The van der Waals surface area contributed by atoms with E-state index >= 15 is 0 Å². The standard InChI is InChI=1S/C26H30N2O5S/c29-24(28-13-11-18(15-28)9-10-25(30)31)17-34-14-12-27-26(32)33-16-23-21-7-3-1-5-19(21)20-6-2-4-8-22(20)23/h1-8,18,23H,9-17H2,(H,27,32)(H,30,31). The third-order valence-electron chi connectivity index (χ3n) is 6.49. The average molecular weight is 483 g/mol. The molecular formula is C26H30N2O5S. The van der Waals surface area contributed by atoms with Gasteiger partial charge >= 0.3 is 12.1 Å². The average Bonchev–Trinajstić information content (AvgIpc) is 3.44.